The van der Waals surface area contributed by atoms with Crippen LogP contribution in [-0.2, 0) is 22.6 Å². The highest BCUT2D eigenvalue weighted by molar-refractivity contribution is 5.87. The molecule has 0 radical (unpaired) electrons. The van der Waals surface area contributed by atoms with Gasteiger partial charge in [0, 0.05) is 23.0 Å². The molecule has 31 heavy (non-hydrogen) atoms. The number of rotatable bonds is 5. The normalized spacial score (nSPS) is 17.8. The number of nitrogens with one attached hydrogen (secondary N) is 2. The zero-order valence-electron chi connectivity index (χ0n) is 17.3. The van der Waals surface area contributed by atoms with Crippen molar-refractivity contribution in [2.75, 3.05) is 7.11 Å². The minimum atomic E-state index is -0.407. The molecule has 5 heteroatoms. The molecule has 3 aromatic carbocycles. The lowest BCUT2D eigenvalue weighted by molar-refractivity contribution is -0.143. The molecule has 0 saturated carbocycles. The Balaban J connectivity index is 1.49. The predicted molar refractivity (Wildman–Crippen MR) is 120 cm³/mol. The lowest BCUT2D eigenvalue weighted by Crippen LogP contribution is -2.45. The van der Waals surface area contributed by atoms with E-state index in [1.54, 1.807) is 0 Å². The van der Waals surface area contributed by atoms with E-state index in [0.717, 1.165) is 39.0 Å². The molecule has 2 heterocycles. The Kier molecular flexibility index (Phi) is 5.18. The van der Waals surface area contributed by atoms with E-state index in [2.05, 4.69) is 28.5 Å². The van der Waals surface area contributed by atoms with Gasteiger partial charge in [-0.1, -0.05) is 60.7 Å². The molecule has 0 amide bonds. The van der Waals surface area contributed by atoms with Gasteiger partial charge in [-0.3, -0.25) is 10.1 Å². The van der Waals surface area contributed by atoms with Crippen molar-refractivity contribution < 1.29 is 14.3 Å². The number of benzene rings is 3. The number of esters is 1. The molecule has 1 aliphatic rings. The predicted octanol–water partition coefficient (Wildman–Crippen LogP) is 4.52. The second-order valence-electron chi connectivity index (χ2n) is 7.79. The van der Waals surface area contributed by atoms with Crippen LogP contribution in [0, 0.1) is 0 Å². The molecule has 0 saturated heterocycles. The third-order valence-electron chi connectivity index (χ3n) is 5.84. The van der Waals surface area contributed by atoms with Crippen LogP contribution in [0.1, 0.15) is 28.4 Å². The maximum Gasteiger partial charge on any atom is 0.323 e. The number of hydrogen-bond donors (Lipinski definition) is 2. The van der Waals surface area contributed by atoms with Crippen molar-refractivity contribution in [2.45, 2.75) is 25.1 Å². The zero-order chi connectivity index (χ0) is 21.2. The number of carbonyl (C=O) groups excluding carboxylic acids is 1. The summed E-state index contributed by atoms with van der Waals surface area (Å²) in [5, 5.41) is 4.62. The highest BCUT2D eigenvalue weighted by Gasteiger charge is 2.34. The second kappa shape index (κ2) is 8.28. The van der Waals surface area contributed by atoms with Gasteiger partial charge in [-0.05, 0) is 34.9 Å². The average molecular weight is 412 g/mol. The van der Waals surface area contributed by atoms with Crippen LogP contribution in [0.5, 0.6) is 5.75 Å². The lowest BCUT2D eigenvalue weighted by atomic mass is 9.90. The standard InChI is InChI=1S/C26H24N2O3/c1-30-26(29)23-15-21-20-12-5-6-13-22(20)27-25(21)24(28-23)18-10-7-11-19(14-18)31-16-17-8-3-2-4-9-17/h2-14,23-24,27-28H,15-16H2,1H3/t23-,24+/m0/s1. The molecular formula is C26H24N2O3. The summed E-state index contributed by atoms with van der Waals surface area (Å²) in [7, 11) is 1.43. The number of fused-ring (bicyclic) bond motifs is 3. The summed E-state index contributed by atoms with van der Waals surface area (Å²) in [6.07, 6.45) is 0.590. The van der Waals surface area contributed by atoms with Crippen LogP contribution in [0.4, 0.5) is 0 Å². The van der Waals surface area contributed by atoms with Crippen LogP contribution in [0.25, 0.3) is 10.9 Å². The molecule has 5 rings (SSSR count). The lowest BCUT2D eigenvalue weighted by Gasteiger charge is -2.30. The van der Waals surface area contributed by atoms with E-state index in [0.29, 0.717) is 13.0 Å². The topological polar surface area (TPSA) is 63.4 Å². The third-order valence-corrected chi connectivity index (χ3v) is 5.84. The number of aromatic nitrogens is 1. The van der Waals surface area contributed by atoms with Crippen molar-refractivity contribution in [3.63, 3.8) is 0 Å². The Bertz CT molecular complexity index is 1220. The Labute approximate surface area is 181 Å². The van der Waals surface area contributed by atoms with Gasteiger partial charge < -0.3 is 14.5 Å². The van der Waals surface area contributed by atoms with Crippen molar-refractivity contribution in [3.05, 3.63) is 101 Å². The summed E-state index contributed by atoms with van der Waals surface area (Å²) in [6.45, 7) is 0.505. The molecule has 156 valence electrons. The van der Waals surface area contributed by atoms with Crippen LogP contribution in [-0.4, -0.2) is 24.1 Å². The second-order valence-corrected chi connectivity index (χ2v) is 7.79. The SMILES string of the molecule is COC(=O)[C@@H]1Cc2c([nH]c3ccccc23)[C@@H](c2cccc(OCc3ccccc3)c2)N1. The molecule has 5 nitrogen and oxygen atoms in total. The molecule has 0 aliphatic carbocycles. The van der Waals surface area contributed by atoms with Crippen molar-refractivity contribution in [1.29, 1.82) is 0 Å². The molecule has 4 aromatic rings. The van der Waals surface area contributed by atoms with E-state index >= 15 is 0 Å². The van der Waals surface area contributed by atoms with Crippen molar-refractivity contribution in [1.82, 2.24) is 10.3 Å². The van der Waals surface area contributed by atoms with E-state index in [1.807, 2.05) is 60.7 Å². The number of carbonyl (C=O) groups is 1. The number of ether oxygens (including phenoxy) is 2. The van der Waals surface area contributed by atoms with Crippen molar-refractivity contribution in [2.24, 2.45) is 0 Å². The van der Waals surface area contributed by atoms with Crippen LogP contribution in [0.15, 0.2) is 78.9 Å². The van der Waals surface area contributed by atoms with E-state index < -0.39 is 6.04 Å². The Morgan fingerprint density at radius 1 is 1.00 bits per heavy atom. The quantitative estimate of drug-likeness (QED) is 0.473. The summed E-state index contributed by atoms with van der Waals surface area (Å²) in [5.41, 5.74) is 5.47. The zero-order valence-corrected chi connectivity index (χ0v) is 17.3. The first-order valence-corrected chi connectivity index (χ1v) is 10.4. The highest BCUT2D eigenvalue weighted by atomic mass is 16.5. The number of H-pyrrole nitrogens is 1. The Morgan fingerprint density at radius 3 is 2.65 bits per heavy atom. The number of methoxy groups -OCH3 is 1. The van der Waals surface area contributed by atoms with Crippen LogP contribution < -0.4 is 10.1 Å². The minimum absolute atomic E-state index is 0.166. The molecule has 1 aliphatic heterocycles. The first-order valence-electron chi connectivity index (χ1n) is 10.4. The van der Waals surface area contributed by atoms with Crippen LogP contribution in [0.3, 0.4) is 0 Å². The maximum absolute atomic E-state index is 12.4. The van der Waals surface area contributed by atoms with Gasteiger partial charge in [0.15, 0.2) is 0 Å². The van der Waals surface area contributed by atoms with E-state index in [1.165, 1.54) is 7.11 Å². The summed E-state index contributed by atoms with van der Waals surface area (Å²) in [5.74, 6) is 0.540. The summed E-state index contributed by atoms with van der Waals surface area (Å²) in [6, 6.07) is 25.8. The van der Waals surface area contributed by atoms with Gasteiger partial charge in [0.25, 0.3) is 0 Å². The molecule has 0 spiro atoms. The van der Waals surface area contributed by atoms with E-state index in [9.17, 15) is 4.79 Å². The fourth-order valence-corrected chi connectivity index (χ4v) is 4.32. The molecular weight excluding hydrogens is 388 g/mol. The van der Waals surface area contributed by atoms with Gasteiger partial charge in [-0.2, -0.15) is 0 Å². The fourth-order valence-electron chi connectivity index (χ4n) is 4.32. The number of hydrogen-bond acceptors (Lipinski definition) is 4. The van der Waals surface area contributed by atoms with Gasteiger partial charge in [0.1, 0.15) is 18.4 Å². The fraction of sp³-hybridized carbons (Fsp3) is 0.192. The van der Waals surface area contributed by atoms with Gasteiger partial charge in [-0.15, -0.1) is 0 Å². The summed E-state index contributed by atoms with van der Waals surface area (Å²) in [4.78, 5) is 16.0. The molecule has 1 aromatic heterocycles. The molecule has 0 bridgehead atoms. The van der Waals surface area contributed by atoms with Gasteiger partial charge in [0.2, 0.25) is 0 Å². The van der Waals surface area contributed by atoms with Gasteiger partial charge in [-0.25, -0.2) is 0 Å². The Morgan fingerprint density at radius 2 is 1.81 bits per heavy atom. The van der Waals surface area contributed by atoms with E-state index in [-0.39, 0.29) is 12.0 Å². The minimum Gasteiger partial charge on any atom is -0.489 e. The van der Waals surface area contributed by atoms with Gasteiger partial charge >= 0.3 is 5.97 Å². The maximum atomic E-state index is 12.4. The number of para-hydroxylation sites is 1. The van der Waals surface area contributed by atoms with Gasteiger partial charge in [0.05, 0.1) is 13.2 Å². The molecule has 2 atom stereocenters. The third kappa shape index (κ3) is 3.80. The summed E-state index contributed by atoms with van der Waals surface area (Å²) < 4.78 is 11.1. The molecule has 2 N–H and O–H groups in total. The smallest absolute Gasteiger partial charge is 0.323 e. The van der Waals surface area contributed by atoms with Crippen LogP contribution >= 0.6 is 0 Å². The van der Waals surface area contributed by atoms with Crippen molar-refractivity contribution >= 4 is 16.9 Å². The molecule has 0 unspecified atom stereocenters. The van der Waals surface area contributed by atoms with E-state index in [4.69, 9.17) is 9.47 Å². The monoisotopic (exact) mass is 412 g/mol. The van der Waals surface area contributed by atoms with Crippen molar-refractivity contribution in [3.8, 4) is 5.75 Å². The first kappa shape index (κ1) is 19.4. The Hall–Kier alpha value is -3.57. The highest BCUT2D eigenvalue weighted by Crippen LogP contribution is 2.36. The molecule has 0 fully saturated rings. The summed E-state index contributed by atoms with van der Waals surface area (Å²) >= 11 is 0. The first-order chi connectivity index (χ1) is 15.2. The largest absolute Gasteiger partial charge is 0.489 e. The van der Waals surface area contributed by atoms with Crippen LogP contribution in [0.2, 0.25) is 0 Å². The number of aromatic amines is 1. The average Bonchev–Trinajstić information content (AvgIpc) is 3.21.